The highest BCUT2D eigenvalue weighted by molar-refractivity contribution is 6.04. The van der Waals surface area contributed by atoms with Crippen molar-refractivity contribution in [2.24, 2.45) is 7.05 Å². The van der Waals surface area contributed by atoms with E-state index >= 15 is 0 Å². The van der Waals surface area contributed by atoms with Gasteiger partial charge in [-0.2, -0.15) is 5.10 Å². The molecule has 1 amide bonds. The Balaban J connectivity index is 1.56. The van der Waals surface area contributed by atoms with Crippen LogP contribution in [0.3, 0.4) is 0 Å². The fourth-order valence-corrected chi connectivity index (χ4v) is 4.44. The highest BCUT2D eigenvalue weighted by Gasteiger charge is 2.25. The maximum absolute atomic E-state index is 13.9. The predicted octanol–water partition coefficient (Wildman–Crippen LogP) is 3.27. The van der Waals surface area contributed by atoms with Crippen LogP contribution < -0.4 is 16.2 Å². The Morgan fingerprint density at radius 1 is 0.974 bits per heavy atom. The minimum Gasteiger partial charge on any atom is -0.390 e. The molecule has 38 heavy (non-hydrogen) atoms. The standard InChI is InChI=1S/C29H30F2N4O3/c1-3-18-7-6-8-19(11-18)16-32-17-26(36)25(14-20-12-21(30)15-22(31)13-20)33-28(37)27-23-9-4-5-10-24(23)29(38)35(2)34-27/h4-13,15,25-26,32,36H,3,14,16-17H2,1-2H3,(H,33,37)/t25-,26+/m0/s1. The zero-order valence-corrected chi connectivity index (χ0v) is 21.2. The van der Waals surface area contributed by atoms with Gasteiger partial charge >= 0.3 is 0 Å². The highest BCUT2D eigenvalue weighted by atomic mass is 19.1. The van der Waals surface area contributed by atoms with Crippen LogP contribution >= 0.6 is 0 Å². The van der Waals surface area contributed by atoms with Gasteiger partial charge in [-0.25, -0.2) is 13.5 Å². The van der Waals surface area contributed by atoms with Gasteiger partial charge in [-0.15, -0.1) is 0 Å². The van der Waals surface area contributed by atoms with E-state index in [2.05, 4.69) is 28.7 Å². The first-order chi connectivity index (χ1) is 18.2. The minimum absolute atomic E-state index is 0.00895. The molecule has 198 valence electrons. The summed E-state index contributed by atoms with van der Waals surface area (Å²) >= 11 is 0. The maximum atomic E-state index is 13.9. The van der Waals surface area contributed by atoms with E-state index in [0.29, 0.717) is 17.3 Å². The number of nitrogens with one attached hydrogen (secondary N) is 2. The summed E-state index contributed by atoms with van der Waals surface area (Å²) in [6, 6.07) is 16.9. The lowest BCUT2D eigenvalue weighted by Gasteiger charge is -2.25. The fourth-order valence-electron chi connectivity index (χ4n) is 4.44. The summed E-state index contributed by atoms with van der Waals surface area (Å²) < 4.78 is 28.8. The molecule has 0 spiro atoms. The smallest absolute Gasteiger partial charge is 0.274 e. The summed E-state index contributed by atoms with van der Waals surface area (Å²) in [6.45, 7) is 2.68. The SMILES string of the molecule is CCc1cccc(CNC[C@@H](O)[C@H](Cc2cc(F)cc(F)c2)NC(=O)c2nn(C)c(=O)c3ccccc23)c1. The summed E-state index contributed by atoms with van der Waals surface area (Å²) in [5, 5.41) is 21.9. The summed E-state index contributed by atoms with van der Waals surface area (Å²) in [6.07, 6.45) is -0.223. The van der Waals surface area contributed by atoms with Gasteiger partial charge in [0, 0.05) is 31.6 Å². The fraction of sp³-hybridized carbons (Fsp3) is 0.276. The van der Waals surface area contributed by atoms with Crippen LogP contribution in [-0.2, 0) is 26.4 Å². The molecule has 0 bridgehead atoms. The molecule has 0 saturated heterocycles. The number of carbonyl (C=O) groups excluding carboxylic acids is 1. The quantitative estimate of drug-likeness (QED) is 0.298. The molecule has 0 unspecified atom stereocenters. The van der Waals surface area contributed by atoms with E-state index in [1.807, 2.05) is 18.2 Å². The number of rotatable bonds is 10. The zero-order chi connectivity index (χ0) is 27.2. The average Bonchev–Trinajstić information content (AvgIpc) is 2.89. The Kier molecular flexibility index (Phi) is 8.60. The summed E-state index contributed by atoms with van der Waals surface area (Å²) in [7, 11) is 1.45. The summed E-state index contributed by atoms with van der Waals surface area (Å²) in [4.78, 5) is 25.8. The van der Waals surface area contributed by atoms with Crippen molar-refractivity contribution in [3.05, 3.63) is 111 Å². The molecule has 0 aliphatic carbocycles. The second-order valence-electron chi connectivity index (χ2n) is 9.26. The lowest BCUT2D eigenvalue weighted by molar-refractivity contribution is 0.0825. The second-order valence-corrected chi connectivity index (χ2v) is 9.26. The van der Waals surface area contributed by atoms with Crippen LogP contribution in [0.5, 0.6) is 0 Å². The minimum atomic E-state index is -1.10. The third kappa shape index (κ3) is 6.48. The van der Waals surface area contributed by atoms with E-state index in [1.54, 1.807) is 24.3 Å². The third-order valence-corrected chi connectivity index (χ3v) is 6.41. The van der Waals surface area contributed by atoms with E-state index in [-0.39, 0.29) is 29.8 Å². The summed E-state index contributed by atoms with van der Waals surface area (Å²) in [5.74, 6) is -2.12. The topological polar surface area (TPSA) is 96.2 Å². The van der Waals surface area contributed by atoms with Crippen molar-refractivity contribution in [1.29, 1.82) is 0 Å². The van der Waals surface area contributed by atoms with Crippen LogP contribution in [0.25, 0.3) is 10.8 Å². The van der Waals surface area contributed by atoms with Gasteiger partial charge in [0.1, 0.15) is 11.6 Å². The van der Waals surface area contributed by atoms with Crippen molar-refractivity contribution >= 4 is 16.7 Å². The van der Waals surface area contributed by atoms with Crippen molar-refractivity contribution in [3.8, 4) is 0 Å². The van der Waals surface area contributed by atoms with Crippen molar-refractivity contribution in [1.82, 2.24) is 20.4 Å². The van der Waals surface area contributed by atoms with Crippen molar-refractivity contribution in [2.45, 2.75) is 38.5 Å². The number of fused-ring (bicyclic) bond motifs is 1. The van der Waals surface area contributed by atoms with E-state index in [4.69, 9.17) is 0 Å². The lowest BCUT2D eigenvalue weighted by atomic mass is 10.00. The molecule has 9 heteroatoms. The monoisotopic (exact) mass is 520 g/mol. The molecule has 1 aromatic heterocycles. The Hall–Kier alpha value is -3.95. The first-order valence-corrected chi connectivity index (χ1v) is 12.4. The normalized spacial score (nSPS) is 12.9. The molecular weight excluding hydrogens is 490 g/mol. The zero-order valence-electron chi connectivity index (χ0n) is 21.2. The molecule has 2 atom stereocenters. The van der Waals surface area contributed by atoms with Crippen molar-refractivity contribution in [2.75, 3.05) is 6.54 Å². The first-order valence-electron chi connectivity index (χ1n) is 12.4. The molecule has 3 N–H and O–H groups in total. The number of aromatic nitrogens is 2. The van der Waals surface area contributed by atoms with Crippen LogP contribution in [0.4, 0.5) is 8.78 Å². The number of aryl methyl sites for hydroxylation is 2. The van der Waals surface area contributed by atoms with Gasteiger partial charge < -0.3 is 15.7 Å². The highest BCUT2D eigenvalue weighted by Crippen LogP contribution is 2.16. The largest absolute Gasteiger partial charge is 0.390 e. The van der Waals surface area contributed by atoms with Gasteiger partial charge in [-0.1, -0.05) is 49.4 Å². The van der Waals surface area contributed by atoms with Crippen LogP contribution in [0, 0.1) is 11.6 Å². The third-order valence-electron chi connectivity index (χ3n) is 6.41. The van der Waals surface area contributed by atoms with E-state index in [1.165, 1.54) is 24.7 Å². The van der Waals surface area contributed by atoms with Crippen LogP contribution in [0.15, 0.2) is 71.5 Å². The first kappa shape index (κ1) is 27.1. The predicted molar refractivity (Wildman–Crippen MR) is 142 cm³/mol. The second kappa shape index (κ2) is 12.1. The number of halogens is 2. The number of aliphatic hydroxyl groups is 1. The Morgan fingerprint density at radius 2 is 1.66 bits per heavy atom. The van der Waals surface area contributed by atoms with Gasteiger partial charge in [-0.3, -0.25) is 9.59 Å². The summed E-state index contributed by atoms with van der Waals surface area (Å²) in [5.41, 5.74) is 2.18. The number of hydrogen-bond donors (Lipinski definition) is 3. The van der Waals surface area contributed by atoms with Gasteiger partial charge in [0.15, 0.2) is 5.69 Å². The Bertz CT molecular complexity index is 1480. The number of nitrogens with zero attached hydrogens (tertiary/aromatic N) is 2. The molecule has 1 heterocycles. The molecule has 4 aromatic rings. The molecular formula is C29H30F2N4O3. The van der Waals surface area contributed by atoms with E-state index < -0.39 is 29.7 Å². The molecule has 0 aliphatic rings. The molecule has 0 fully saturated rings. The molecule has 3 aromatic carbocycles. The number of amides is 1. The Morgan fingerprint density at radius 3 is 2.37 bits per heavy atom. The van der Waals surface area contributed by atoms with Gasteiger partial charge in [0.25, 0.3) is 11.5 Å². The maximum Gasteiger partial charge on any atom is 0.274 e. The van der Waals surface area contributed by atoms with Crippen LogP contribution in [0.2, 0.25) is 0 Å². The Labute approximate surface area is 219 Å². The lowest BCUT2D eigenvalue weighted by Crippen LogP contribution is -2.49. The van der Waals surface area contributed by atoms with E-state index in [0.717, 1.165) is 22.7 Å². The van der Waals surface area contributed by atoms with Gasteiger partial charge in [0.05, 0.1) is 17.5 Å². The average molecular weight is 521 g/mol. The number of hydrogen-bond acceptors (Lipinski definition) is 5. The van der Waals surface area contributed by atoms with E-state index in [9.17, 15) is 23.5 Å². The molecule has 0 saturated carbocycles. The molecule has 4 rings (SSSR count). The number of carbonyl (C=O) groups is 1. The van der Waals surface area contributed by atoms with Crippen molar-refractivity contribution < 1.29 is 18.7 Å². The van der Waals surface area contributed by atoms with Crippen LogP contribution in [0.1, 0.15) is 34.1 Å². The van der Waals surface area contributed by atoms with Gasteiger partial charge in [0.2, 0.25) is 0 Å². The van der Waals surface area contributed by atoms with Gasteiger partial charge in [-0.05, 0) is 47.7 Å². The molecule has 0 radical (unpaired) electrons. The number of benzene rings is 3. The van der Waals surface area contributed by atoms with Crippen LogP contribution in [-0.4, -0.2) is 39.5 Å². The molecule has 7 nitrogen and oxygen atoms in total. The number of aliphatic hydroxyl groups excluding tert-OH is 1. The van der Waals surface area contributed by atoms with Crippen molar-refractivity contribution in [3.63, 3.8) is 0 Å². The molecule has 0 aliphatic heterocycles.